The van der Waals surface area contributed by atoms with Crippen molar-refractivity contribution in [2.24, 2.45) is 11.3 Å². The van der Waals surface area contributed by atoms with Gasteiger partial charge in [0.25, 0.3) is 0 Å². The molecule has 2 aliphatic rings. The summed E-state index contributed by atoms with van der Waals surface area (Å²) in [7, 11) is 0. The van der Waals surface area contributed by atoms with Gasteiger partial charge in [-0.1, -0.05) is 25.4 Å². The van der Waals surface area contributed by atoms with Gasteiger partial charge in [-0.2, -0.15) is 0 Å². The summed E-state index contributed by atoms with van der Waals surface area (Å²) >= 11 is 6.35. The van der Waals surface area contributed by atoms with Gasteiger partial charge in [-0.3, -0.25) is 4.79 Å². The van der Waals surface area contributed by atoms with Crippen LogP contribution in [0.1, 0.15) is 37.4 Å². The lowest BCUT2D eigenvalue weighted by Gasteiger charge is -2.11. The van der Waals surface area contributed by atoms with Crippen molar-refractivity contribution in [3.05, 3.63) is 34.5 Å². The SMILES string of the molecule is CC(C)c1cc2[nH]c(CNC(=O)C34COCC3C4)cc2cc1Cl. The first-order valence-corrected chi connectivity index (χ1v) is 8.54. The molecule has 1 aromatic carbocycles. The molecule has 1 aliphatic heterocycles. The highest BCUT2D eigenvalue weighted by Crippen LogP contribution is 2.56. The topological polar surface area (TPSA) is 54.1 Å². The summed E-state index contributed by atoms with van der Waals surface area (Å²) in [5.74, 6) is 0.934. The van der Waals surface area contributed by atoms with Gasteiger partial charge in [0.15, 0.2) is 0 Å². The molecule has 0 radical (unpaired) electrons. The molecule has 1 aromatic heterocycles. The third-order valence-corrected chi connectivity index (χ3v) is 5.55. The van der Waals surface area contributed by atoms with E-state index in [1.807, 2.05) is 6.07 Å². The highest BCUT2D eigenvalue weighted by Gasteiger charge is 2.63. The second kappa shape index (κ2) is 5.25. The number of aromatic nitrogens is 1. The molecule has 4 rings (SSSR count). The molecule has 4 nitrogen and oxygen atoms in total. The Labute approximate surface area is 140 Å². The monoisotopic (exact) mass is 332 g/mol. The zero-order chi connectivity index (χ0) is 16.2. The van der Waals surface area contributed by atoms with Crippen molar-refractivity contribution < 1.29 is 9.53 Å². The Hall–Kier alpha value is -1.52. The van der Waals surface area contributed by atoms with Crippen LogP contribution in [-0.4, -0.2) is 24.1 Å². The highest BCUT2D eigenvalue weighted by molar-refractivity contribution is 6.32. The Balaban J connectivity index is 1.50. The Morgan fingerprint density at radius 2 is 2.30 bits per heavy atom. The third kappa shape index (κ3) is 2.45. The van der Waals surface area contributed by atoms with Crippen LogP contribution in [0.25, 0.3) is 10.9 Å². The molecule has 1 saturated heterocycles. The van der Waals surface area contributed by atoms with E-state index in [0.717, 1.165) is 40.2 Å². The number of benzene rings is 1. The summed E-state index contributed by atoms with van der Waals surface area (Å²) in [6, 6.07) is 6.15. The van der Waals surface area contributed by atoms with Crippen LogP contribution in [0.15, 0.2) is 18.2 Å². The molecule has 2 unspecified atom stereocenters. The van der Waals surface area contributed by atoms with Crippen LogP contribution in [0.2, 0.25) is 5.02 Å². The summed E-state index contributed by atoms with van der Waals surface area (Å²) in [4.78, 5) is 15.8. The van der Waals surface area contributed by atoms with E-state index in [2.05, 4.69) is 36.3 Å². The van der Waals surface area contributed by atoms with E-state index in [9.17, 15) is 4.79 Å². The van der Waals surface area contributed by atoms with E-state index in [1.165, 1.54) is 0 Å². The minimum atomic E-state index is -0.236. The third-order valence-electron chi connectivity index (χ3n) is 5.22. The van der Waals surface area contributed by atoms with E-state index >= 15 is 0 Å². The Bertz CT molecular complexity index is 783. The number of halogens is 1. The van der Waals surface area contributed by atoms with Crippen molar-refractivity contribution in [3.63, 3.8) is 0 Å². The quantitative estimate of drug-likeness (QED) is 0.898. The van der Waals surface area contributed by atoms with Crippen molar-refractivity contribution in [3.8, 4) is 0 Å². The second-order valence-electron chi connectivity index (χ2n) is 7.17. The number of hydrogen-bond donors (Lipinski definition) is 2. The lowest BCUT2D eigenvalue weighted by atomic mass is 10.0. The largest absolute Gasteiger partial charge is 0.380 e. The number of hydrogen-bond acceptors (Lipinski definition) is 2. The maximum Gasteiger partial charge on any atom is 0.229 e. The standard InChI is InChI=1S/C18H21ClN2O2/c1-10(2)14-5-16-11(4-15(14)19)3-13(21-16)7-20-17(22)18-6-12(18)8-23-9-18/h3-5,10,12,21H,6-9H2,1-2H3,(H,20,22). The maximum atomic E-state index is 12.4. The van der Waals surface area contributed by atoms with E-state index in [4.69, 9.17) is 16.3 Å². The first-order chi connectivity index (χ1) is 11.0. The van der Waals surface area contributed by atoms with Crippen molar-refractivity contribution in [2.45, 2.75) is 32.7 Å². The van der Waals surface area contributed by atoms with Crippen LogP contribution in [0.4, 0.5) is 0 Å². The molecule has 2 N–H and O–H groups in total. The number of fused-ring (bicyclic) bond motifs is 2. The van der Waals surface area contributed by atoms with Gasteiger partial charge in [0.2, 0.25) is 5.91 Å². The van der Waals surface area contributed by atoms with Crippen LogP contribution in [0.5, 0.6) is 0 Å². The normalized spacial score (nSPS) is 25.8. The minimum Gasteiger partial charge on any atom is -0.380 e. The number of amides is 1. The lowest BCUT2D eigenvalue weighted by molar-refractivity contribution is -0.127. The molecule has 23 heavy (non-hydrogen) atoms. The van der Waals surface area contributed by atoms with Gasteiger partial charge in [0.1, 0.15) is 0 Å². The highest BCUT2D eigenvalue weighted by atomic mass is 35.5. The molecule has 0 spiro atoms. The van der Waals surface area contributed by atoms with Gasteiger partial charge < -0.3 is 15.0 Å². The van der Waals surface area contributed by atoms with Crippen LogP contribution >= 0.6 is 11.6 Å². The van der Waals surface area contributed by atoms with Crippen LogP contribution in [-0.2, 0) is 16.1 Å². The Morgan fingerprint density at radius 3 is 2.96 bits per heavy atom. The smallest absolute Gasteiger partial charge is 0.229 e. The number of H-pyrrole nitrogens is 1. The summed E-state index contributed by atoms with van der Waals surface area (Å²) in [5.41, 5.74) is 2.96. The van der Waals surface area contributed by atoms with Crippen LogP contribution in [0.3, 0.4) is 0 Å². The molecule has 122 valence electrons. The fourth-order valence-electron chi connectivity index (χ4n) is 3.62. The van der Waals surface area contributed by atoms with Crippen LogP contribution in [0, 0.1) is 11.3 Å². The predicted molar refractivity (Wildman–Crippen MR) is 90.6 cm³/mol. The summed E-state index contributed by atoms with van der Waals surface area (Å²) in [6.07, 6.45) is 0.971. The molecule has 2 fully saturated rings. The first kappa shape index (κ1) is 15.0. The molecule has 2 heterocycles. The van der Waals surface area contributed by atoms with Crippen molar-refractivity contribution in [2.75, 3.05) is 13.2 Å². The predicted octanol–water partition coefficient (Wildman–Crippen LogP) is 3.60. The van der Waals surface area contributed by atoms with Crippen LogP contribution < -0.4 is 5.32 Å². The molecular weight excluding hydrogens is 312 g/mol. The van der Waals surface area contributed by atoms with E-state index < -0.39 is 0 Å². The fourth-order valence-corrected chi connectivity index (χ4v) is 4.01. The van der Waals surface area contributed by atoms with E-state index in [1.54, 1.807) is 0 Å². The molecular formula is C18H21ClN2O2. The number of carbonyl (C=O) groups excluding carboxylic acids is 1. The maximum absolute atomic E-state index is 12.4. The second-order valence-corrected chi connectivity index (χ2v) is 7.57. The van der Waals surface area contributed by atoms with Gasteiger partial charge in [0, 0.05) is 27.5 Å². The minimum absolute atomic E-state index is 0.125. The van der Waals surface area contributed by atoms with Crippen molar-refractivity contribution in [1.82, 2.24) is 10.3 Å². The lowest BCUT2D eigenvalue weighted by Crippen LogP contribution is -2.33. The molecule has 1 aliphatic carbocycles. The van der Waals surface area contributed by atoms with Gasteiger partial charge in [-0.25, -0.2) is 0 Å². The van der Waals surface area contributed by atoms with E-state index in [-0.39, 0.29) is 11.3 Å². The summed E-state index contributed by atoms with van der Waals surface area (Å²) < 4.78 is 5.40. The average Bonchev–Trinajstić information content (AvgIpc) is 2.89. The van der Waals surface area contributed by atoms with Crippen molar-refractivity contribution in [1.29, 1.82) is 0 Å². The van der Waals surface area contributed by atoms with E-state index in [0.29, 0.717) is 25.0 Å². The molecule has 0 bridgehead atoms. The number of carbonyl (C=O) groups is 1. The number of ether oxygens (including phenoxy) is 1. The molecule has 2 atom stereocenters. The molecule has 1 amide bonds. The Morgan fingerprint density at radius 1 is 1.48 bits per heavy atom. The number of nitrogens with one attached hydrogen (secondary N) is 2. The van der Waals surface area contributed by atoms with Gasteiger partial charge in [0.05, 0.1) is 25.2 Å². The Kier molecular flexibility index (Phi) is 3.43. The fraction of sp³-hybridized carbons (Fsp3) is 0.500. The first-order valence-electron chi connectivity index (χ1n) is 8.17. The van der Waals surface area contributed by atoms with Gasteiger partial charge in [-0.15, -0.1) is 0 Å². The molecule has 1 saturated carbocycles. The molecule has 2 aromatic rings. The van der Waals surface area contributed by atoms with Crippen molar-refractivity contribution >= 4 is 28.4 Å². The zero-order valence-corrected chi connectivity index (χ0v) is 14.2. The summed E-state index contributed by atoms with van der Waals surface area (Å²) in [5, 5.41) is 4.93. The van der Waals surface area contributed by atoms with Gasteiger partial charge >= 0.3 is 0 Å². The molecule has 5 heteroatoms. The average molecular weight is 333 g/mol. The van der Waals surface area contributed by atoms with Gasteiger partial charge in [-0.05, 0) is 36.1 Å². The zero-order valence-electron chi connectivity index (χ0n) is 13.4. The summed E-state index contributed by atoms with van der Waals surface area (Å²) in [6.45, 7) is 6.08. The number of aromatic amines is 1. The number of rotatable bonds is 4.